The first-order chi connectivity index (χ1) is 14.9. The van der Waals surface area contributed by atoms with Crippen molar-refractivity contribution in [1.29, 1.82) is 0 Å². The third kappa shape index (κ3) is 4.45. The predicted octanol–water partition coefficient (Wildman–Crippen LogP) is 4.01. The molecule has 0 radical (unpaired) electrons. The molecule has 4 rings (SSSR count). The maximum Gasteiger partial charge on any atom is 0.261 e. The minimum Gasteiger partial charge on any atom is -0.487 e. The summed E-state index contributed by atoms with van der Waals surface area (Å²) in [7, 11) is 1.73. The average Bonchev–Trinajstić information content (AvgIpc) is 3.35. The maximum atomic E-state index is 13.4. The number of benzene rings is 2. The summed E-state index contributed by atoms with van der Waals surface area (Å²) in [5.74, 6) is -1.05. The fourth-order valence-corrected chi connectivity index (χ4v) is 3.06. The molecule has 2 aromatic heterocycles. The van der Waals surface area contributed by atoms with Gasteiger partial charge in [-0.2, -0.15) is 10.1 Å². The molecule has 7 nitrogen and oxygen atoms in total. The third-order valence-corrected chi connectivity index (χ3v) is 4.60. The van der Waals surface area contributed by atoms with E-state index in [0.29, 0.717) is 29.2 Å². The Morgan fingerprint density at radius 1 is 1.19 bits per heavy atom. The summed E-state index contributed by atoms with van der Waals surface area (Å²) < 4.78 is 39.2. The monoisotopic (exact) mass is 423 g/mol. The number of nitrogens with two attached hydrogens (primary N) is 1. The highest BCUT2D eigenvalue weighted by Gasteiger charge is 2.19. The number of aryl methyl sites for hydroxylation is 1. The number of nitrogens with zero attached hydrogens (tertiary/aromatic N) is 4. The summed E-state index contributed by atoms with van der Waals surface area (Å²) in [6.07, 6.45) is 2.13. The molecule has 2 heterocycles. The number of halogens is 2. The van der Waals surface area contributed by atoms with Crippen molar-refractivity contribution in [3.05, 3.63) is 83.8 Å². The van der Waals surface area contributed by atoms with Gasteiger partial charge in [-0.25, -0.2) is 8.78 Å². The van der Waals surface area contributed by atoms with Crippen LogP contribution in [0.1, 0.15) is 11.3 Å². The summed E-state index contributed by atoms with van der Waals surface area (Å²) in [6, 6.07) is 11.0. The lowest BCUT2D eigenvalue weighted by atomic mass is 10.1. The number of hydrogen-bond acceptors (Lipinski definition) is 6. The van der Waals surface area contributed by atoms with Crippen LogP contribution in [0.5, 0.6) is 5.75 Å². The van der Waals surface area contributed by atoms with E-state index in [2.05, 4.69) is 21.8 Å². The Morgan fingerprint density at radius 2 is 2.03 bits per heavy atom. The topological polar surface area (TPSA) is 92.0 Å². The Kier molecular flexibility index (Phi) is 5.48. The van der Waals surface area contributed by atoms with Crippen LogP contribution >= 0.6 is 0 Å². The molecule has 0 atom stereocenters. The van der Waals surface area contributed by atoms with Crippen molar-refractivity contribution in [3.8, 4) is 28.6 Å². The van der Waals surface area contributed by atoms with E-state index >= 15 is 0 Å². The fourth-order valence-electron chi connectivity index (χ4n) is 3.06. The Balaban J connectivity index is 1.57. The molecule has 0 bridgehead atoms. The van der Waals surface area contributed by atoms with Crippen LogP contribution in [-0.2, 0) is 20.1 Å². The molecule has 2 aromatic carbocycles. The molecule has 0 saturated carbocycles. The molecule has 31 heavy (non-hydrogen) atoms. The number of aromatic nitrogens is 4. The Labute approximate surface area is 176 Å². The predicted molar refractivity (Wildman–Crippen MR) is 110 cm³/mol. The van der Waals surface area contributed by atoms with Crippen LogP contribution < -0.4 is 10.5 Å². The third-order valence-electron chi connectivity index (χ3n) is 4.60. The van der Waals surface area contributed by atoms with Crippen LogP contribution in [0.4, 0.5) is 8.78 Å². The summed E-state index contributed by atoms with van der Waals surface area (Å²) >= 11 is 0. The number of hydrogen-bond donors (Lipinski definition) is 1. The van der Waals surface area contributed by atoms with Gasteiger partial charge in [0.25, 0.3) is 5.89 Å². The van der Waals surface area contributed by atoms with E-state index in [-0.39, 0.29) is 18.2 Å². The van der Waals surface area contributed by atoms with Crippen LogP contribution in [0.15, 0.2) is 65.5 Å². The van der Waals surface area contributed by atoms with Crippen molar-refractivity contribution in [2.24, 2.45) is 12.8 Å². The molecule has 0 aliphatic heterocycles. The van der Waals surface area contributed by atoms with Gasteiger partial charge in [0.05, 0.1) is 17.5 Å². The van der Waals surface area contributed by atoms with Gasteiger partial charge in [0.2, 0.25) is 5.82 Å². The van der Waals surface area contributed by atoms with E-state index < -0.39 is 11.6 Å². The van der Waals surface area contributed by atoms with Gasteiger partial charge in [-0.1, -0.05) is 29.9 Å². The van der Waals surface area contributed by atoms with Crippen LogP contribution in [0.2, 0.25) is 0 Å². The van der Waals surface area contributed by atoms with Gasteiger partial charge in [0.15, 0.2) is 11.6 Å². The molecule has 0 aliphatic rings. The van der Waals surface area contributed by atoms with Gasteiger partial charge in [-0.3, -0.25) is 4.68 Å². The van der Waals surface area contributed by atoms with Gasteiger partial charge in [-0.05, 0) is 23.8 Å². The number of ether oxygens (including phenoxy) is 1. The first kappa shape index (κ1) is 20.3. The fraction of sp³-hybridized carbons (Fsp3) is 0.136. The first-order valence-electron chi connectivity index (χ1n) is 9.36. The Hall–Kier alpha value is -4.01. The lowest BCUT2D eigenvalue weighted by Crippen LogP contribution is -2.05. The molecule has 0 fully saturated rings. The van der Waals surface area contributed by atoms with E-state index in [0.717, 1.165) is 23.3 Å². The highest BCUT2D eigenvalue weighted by atomic mass is 19.2. The molecular weight excluding hydrogens is 404 g/mol. The maximum absolute atomic E-state index is 13.4. The highest BCUT2D eigenvalue weighted by Crippen LogP contribution is 2.27. The van der Waals surface area contributed by atoms with Gasteiger partial charge < -0.3 is 15.0 Å². The van der Waals surface area contributed by atoms with Crippen molar-refractivity contribution < 1.29 is 18.0 Å². The van der Waals surface area contributed by atoms with Gasteiger partial charge in [0.1, 0.15) is 12.4 Å². The molecule has 158 valence electrons. The zero-order valence-corrected chi connectivity index (χ0v) is 16.7. The second-order valence-electron chi connectivity index (χ2n) is 6.95. The molecule has 2 N–H and O–H groups in total. The van der Waals surface area contributed by atoms with Crippen molar-refractivity contribution in [1.82, 2.24) is 19.9 Å². The number of allylic oxidation sites excluding steroid dienone is 1. The summed E-state index contributed by atoms with van der Waals surface area (Å²) in [5.41, 5.74) is 9.23. The zero-order valence-electron chi connectivity index (χ0n) is 16.7. The van der Waals surface area contributed by atoms with E-state index in [1.165, 1.54) is 6.07 Å². The largest absolute Gasteiger partial charge is 0.487 e. The lowest BCUT2D eigenvalue weighted by molar-refractivity contribution is 0.292. The quantitative estimate of drug-likeness (QED) is 0.483. The summed E-state index contributed by atoms with van der Waals surface area (Å²) in [5, 5.41) is 8.28. The smallest absolute Gasteiger partial charge is 0.261 e. The van der Waals surface area contributed by atoms with E-state index in [1.807, 2.05) is 24.3 Å². The van der Waals surface area contributed by atoms with Crippen LogP contribution in [0.3, 0.4) is 0 Å². The Morgan fingerprint density at radius 3 is 2.81 bits per heavy atom. The van der Waals surface area contributed by atoms with Crippen molar-refractivity contribution in [2.75, 3.05) is 0 Å². The first-order valence-corrected chi connectivity index (χ1v) is 9.36. The van der Waals surface area contributed by atoms with Crippen LogP contribution in [0, 0.1) is 11.6 Å². The molecule has 0 aliphatic carbocycles. The van der Waals surface area contributed by atoms with Crippen LogP contribution in [-0.4, -0.2) is 19.9 Å². The molecule has 0 unspecified atom stereocenters. The second kappa shape index (κ2) is 8.39. The molecule has 9 heteroatoms. The molecule has 0 amide bonds. The van der Waals surface area contributed by atoms with Gasteiger partial charge in [0, 0.05) is 30.8 Å². The molecule has 4 aromatic rings. The molecule has 0 saturated heterocycles. The lowest BCUT2D eigenvalue weighted by Gasteiger charge is -2.08. The van der Waals surface area contributed by atoms with Crippen molar-refractivity contribution in [3.63, 3.8) is 0 Å². The van der Waals surface area contributed by atoms with Crippen molar-refractivity contribution in [2.45, 2.75) is 13.0 Å². The SMILES string of the molecule is C=C(N)Cc1cccc(-c2noc(-c3cnn(C)c3COc3ccc(F)c(F)c3)n2)c1. The van der Waals surface area contributed by atoms with Gasteiger partial charge in [-0.15, -0.1) is 0 Å². The molecular formula is C22H19F2N5O2. The molecule has 0 spiro atoms. The minimum atomic E-state index is -0.982. The van der Waals surface area contributed by atoms with E-state index in [4.69, 9.17) is 15.0 Å². The summed E-state index contributed by atoms with van der Waals surface area (Å²) in [6.45, 7) is 3.77. The summed E-state index contributed by atoms with van der Waals surface area (Å²) in [4.78, 5) is 4.48. The minimum absolute atomic E-state index is 0.0444. The van der Waals surface area contributed by atoms with E-state index in [9.17, 15) is 8.78 Å². The van der Waals surface area contributed by atoms with Crippen LogP contribution in [0.25, 0.3) is 22.8 Å². The number of rotatable bonds is 7. The zero-order chi connectivity index (χ0) is 22.0. The Bertz CT molecular complexity index is 1250. The van der Waals surface area contributed by atoms with Gasteiger partial charge >= 0.3 is 0 Å². The highest BCUT2D eigenvalue weighted by molar-refractivity contribution is 5.61. The van der Waals surface area contributed by atoms with E-state index in [1.54, 1.807) is 17.9 Å². The second-order valence-corrected chi connectivity index (χ2v) is 6.95. The van der Waals surface area contributed by atoms with Crippen molar-refractivity contribution >= 4 is 0 Å². The standard InChI is InChI=1S/C22H19F2N5O2/c1-13(25)8-14-4-3-5-15(9-14)21-27-22(31-28-21)17-11-26-29(2)20(17)12-30-16-6-7-18(23)19(24)10-16/h3-7,9-11H,1,8,12,25H2,2H3. The average molecular weight is 423 g/mol. The normalized spacial score (nSPS) is 10.9.